The highest BCUT2D eigenvalue weighted by Crippen LogP contribution is 2.50. The third-order valence-corrected chi connectivity index (χ3v) is 5.59. The number of amides is 2. The van der Waals surface area contributed by atoms with Crippen LogP contribution in [0.25, 0.3) is 0 Å². The molecule has 30 heavy (non-hydrogen) atoms. The molecule has 1 saturated carbocycles. The number of hydrogen-bond donors (Lipinski definition) is 2. The SMILES string of the molecule is O=C(NF)C(Cc1ccc(Br)cc1)NC(=O)C1(c2ccc(C(F)(F)F)cc2F)CC1. The van der Waals surface area contributed by atoms with Gasteiger partial charge in [-0.05, 0) is 42.7 Å². The van der Waals surface area contributed by atoms with Crippen molar-refractivity contribution in [3.8, 4) is 0 Å². The maximum absolute atomic E-state index is 14.4. The third kappa shape index (κ3) is 4.63. The number of halogens is 6. The summed E-state index contributed by atoms with van der Waals surface area (Å²) in [6.45, 7) is 0. The minimum atomic E-state index is -4.71. The van der Waals surface area contributed by atoms with Crippen LogP contribution in [0, 0.1) is 5.82 Å². The highest BCUT2D eigenvalue weighted by Gasteiger charge is 2.53. The number of alkyl halides is 3. The molecular formula is C20H16BrF5N2O2. The Balaban J connectivity index is 1.81. The van der Waals surface area contributed by atoms with Crippen molar-refractivity contribution >= 4 is 27.7 Å². The Bertz CT molecular complexity index is 959. The summed E-state index contributed by atoms with van der Waals surface area (Å²) < 4.78 is 66.3. The molecule has 1 fully saturated rings. The maximum atomic E-state index is 14.4. The molecule has 0 aromatic heterocycles. The van der Waals surface area contributed by atoms with E-state index >= 15 is 0 Å². The molecular weight excluding hydrogens is 475 g/mol. The van der Waals surface area contributed by atoms with Crippen molar-refractivity contribution in [1.82, 2.24) is 10.9 Å². The highest BCUT2D eigenvalue weighted by atomic mass is 79.9. The van der Waals surface area contributed by atoms with E-state index in [1.165, 1.54) is 0 Å². The molecule has 0 saturated heterocycles. The lowest BCUT2D eigenvalue weighted by molar-refractivity contribution is -0.137. The largest absolute Gasteiger partial charge is 0.416 e. The molecule has 160 valence electrons. The summed E-state index contributed by atoms with van der Waals surface area (Å²) in [6.07, 6.45) is -4.35. The van der Waals surface area contributed by atoms with Crippen molar-refractivity contribution in [3.05, 3.63) is 69.4 Å². The summed E-state index contributed by atoms with van der Waals surface area (Å²) >= 11 is 3.26. The van der Waals surface area contributed by atoms with Gasteiger partial charge in [-0.15, -0.1) is 4.48 Å². The Morgan fingerprint density at radius 3 is 2.23 bits per heavy atom. The molecule has 10 heteroatoms. The first-order chi connectivity index (χ1) is 14.1. The van der Waals surface area contributed by atoms with Crippen LogP contribution in [0.15, 0.2) is 46.9 Å². The van der Waals surface area contributed by atoms with Crippen molar-refractivity contribution in [2.75, 3.05) is 0 Å². The van der Waals surface area contributed by atoms with E-state index in [1.807, 2.05) is 0 Å². The standard InChI is InChI=1S/C20H16BrF5N2O2/c21-13-4-1-11(2-5-13)9-16(17(29)28-26)27-18(30)19(7-8-19)14-6-3-12(10-15(14)22)20(23,24)25/h1-6,10,16H,7-9H2,(H,27,30)(H,28,29). The predicted molar refractivity (Wildman–Crippen MR) is 101 cm³/mol. The van der Waals surface area contributed by atoms with E-state index < -0.39 is 40.8 Å². The van der Waals surface area contributed by atoms with Crippen LogP contribution in [-0.2, 0) is 27.6 Å². The van der Waals surface area contributed by atoms with Gasteiger partial charge in [0.15, 0.2) is 0 Å². The molecule has 0 radical (unpaired) electrons. The van der Waals surface area contributed by atoms with E-state index in [1.54, 1.807) is 24.3 Å². The normalized spacial score (nSPS) is 15.9. The van der Waals surface area contributed by atoms with Crippen LogP contribution >= 0.6 is 15.9 Å². The van der Waals surface area contributed by atoms with Gasteiger partial charge >= 0.3 is 6.18 Å². The van der Waals surface area contributed by atoms with E-state index in [2.05, 4.69) is 21.2 Å². The van der Waals surface area contributed by atoms with Crippen molar-refractivity contribution in [3.63, 3.8) is 0 Å². The zero-order chi connectivity index (χ0) is 22.1. The Morgan fingerprint density at radius 2 is 1.73 bits per heavy atom. The summed E-state index contributed by atoms with van der Waals surface area (Å²) in [5.41, 5.74) is -1.11. The molecule has 0 aliphatic heterocycles. The van der Waals surface area contributed by atoms with Gasteiger partial charge < -0.3 is 5.32 Å². The number of rotatable bonds is 6. The minimum Gasteiger partial charge on any atom is -0.343 e. The van der Waals surface area contributed by atoms with Gasteiger partial charge in [0.05, 0.1) is 11.0 Å². The van der Waals surface area contributed by atoms with Gasteiger partial charge in [-0.1, -0.05) is 34.1 Å². The van der Waals surface area contributed by atoms with Crippen LogP contribution in [0.1, 0.15) is 29.5 Å². The number of hydrogen-bond acceptors (Lipinski definition) is 2. The second-order valence-corrected chi connectivity index (χ2v) is 8.01. The van der Waals surface area contributed by atoms with Gasteiger partial charge in [0.1, 0.15) is 11.9 Å². The molecule has 2 aromatic carbocycles. The van der Waals surface area contributed by atoms with Crippen molar-refractivity contribution < 1.29 is 31.6 Å². The van der Waals surface area contributed by atoms with E-state index in [-0.39, 0.29) is 24.8 Å². The lowest BCUT2D eigenvalue weighted by atomic mass is 9.92. The summed E-state index contributed by atoms with van der Waals surface area (Å²) in [5.74, 6) is -2.99. The Morgan fingerprint density at radius 1 is 1.10 bits per heavy atom. The van der Waals surface area contributed by atoms with Gasteiger partial charge in [0, 0.05) is 16.5 Å². The fraction of sp³-hybridized carbons (Fsp3) is 0.300. The van der Waals surface area contributed by atoms with Gasteiger partial charge in [-0.25, -0.2) is 4.39 Å². The quantitative estimate of drug-likeness (QED) is 0.466. The summed E-state index contributed by atoms with van der Waals surface area (Å²) in [6, 6.07) is 7.48. The van der Waals surface area contributed by atoms with Crippen LogP contribution < -0.4 is 10.9 Å². The van der Waals surface area contributed by atoms with Crippen molar-refractivity contribution in [2.45, 2.75) is 36.9 Å². The van der Waals surface area contributed by atoms with Crippen molar-refractivity contribution in [1.29, 1.82) is 0 Å². The average Bonchev–Trinajstić information content (AvgIpc) is 3.49. The lowest BCUT2D eigenvalue weighted by Crippen LogP contribution is -2.49. The molecule has 1 atom stereocenters. The van der Waals surface area contributed by atoms with Crippen LogP contribution in [0.5, 0.6) is 0 Å². The van der Waals surface area contributed by atoms with Crippen LogP contribution in [0.2, 0.25) is 0 Å². The molecule has 2 amide bonds. The van der Waals surface area contributed by atoms with E-state index in [9.17, 15) is 31.6 Å². The zero-order valence-corrected chi connectivity index (χ0v) is 16.9. The minimum absolute atomic E-state index is 0.0274. The number of carbonyl (C=O) groups is 2. The van der Waals surface area contributed by atoms with Crippen LogP contribution in [-0.4, -0.2) is 17.9 Å². The van der Waals surface area contributed by atoms with Crippen LogP contribution in [0.3, 0.4) is 0 Å². The smallest absolute Gasteiger partial charge is 0.343 e. The average molecular weight is 491 g/mol. The van der Waals surface area contributed by atoms with Crippen molar-refractivity contribution in [2.24, 2.45) is 0 Å². The van der Waals surface area contributed by atoms with E-state index in [0.717, 1.165) is 16.1 Å². The predicted octanol–water partition coefficient (Wildman–Crippen LogP) is 4.37. The van der Waals surface area contributed by atoms with Gasteiger partial charge in [-0.3, -0.25) is 9.59 Å². The molecule has 0 spiro atoms. The van der Waals surface area contributed by atoms with E-state index in [0.29, 0.717) is 17.7 Å². The molecule has 0 bridgehead atoms. The molecule has 1 aliphatic rings. The summed E-state index contributed by atoms with van der Waals surface area (Å²) in [7, 11) is 0. The fourth-order valence-electron chi connectivity index (χ4n) is 3.25. The van der Waals surface area contributed by atoms with Gasteiger partial charge in [0.2, 0.25) is 5.91 Å². The molecule has 2 aromatic rings. The molecule has 1 aliphatic carbocycles. The molecule has 2 N–H and O–H groups in total. The monoisotopic (exact) mass is 490 g/mol. The Labute approximate surface area is 176 Å². The zero-order valence-electron chi connectivity index (χ0n) is 15.3. The first-order valence-electron chi connectivity index (χ1n) is 8.90. The van der Waals surface area contributed by atoms with Crippen LogP contribution in [0.4, 0.5) is 22.0 Å². The maximum Gasteiger partial charge on any atom is 0.416 e. The second kappa shape index (κ2) is 8.33. The first-order valence-corrected chi connectivity index (χ1v) is 9.69. The number of carbonyl (C=O) groups excluding carboxylic acids is 2. The molecule has 1 unspecified atom stereocenters. The van der Waals surface area contributed by atoms with Gasteiger partial charge in [-0.2, -0.15) is 18.7 Å². The Hall–Kier alpha value is -2.49. The fourth-order valence-corrected chi connectivity index (χ4v) is 3.52. The third-order valence-electron chi connectivity index (χ3n) is 5.06. The molecule has 3 rings (SSSR count). The molecule has 0 heterocycles. The number of benzene rings is 2. The summed E-state index contributed by atoms with van der Waals surface area (Å²) in [5, 5.41) is 2.41. The highest BCUT2D eigenvalue weighted by molar-refractivity contribution is 9.10. The summed E-state index contributed by atoms with van der Waals surface area (Å²) in [4.78, 5) is 24.7. The Kier molecular flexibility index (Phi) is 6.16. The van der Waals surface area contributed by atoms with Gasteiger partial charge in [0.25, 0.3) is 5.91 Å². The number of nitrogens with one attached hydrogen (secondary N) is 2. The second-order valence-electron chi connectivity index (χ2n) is 7.09. The van der Waals surface area contributed by atoms with E-state index in [4.69, 9.17) is 0 Å². The first kappa shape index (κ1) is 22.2. The molecule has 4 nitrogen and oxygen atoms in total. The topological polar surface area (TPSA) is 58.2 Å². The lowest BCUT2D eigenvalue weighted by Gasteiger charge is -2.22.